The second-order valence-corrected chi connectivity index (χ2v) is 11.5. The van der Waals surface area contributed by atoms with Crippen molar-refractivity contribution in [2.75, 3.05) is 24.9 Å². The van der Waals surface area contributed by atoms with Gasteiger partial charge in [-0.3, -0.25) is 9.59 Å². The summed E-state index contributed by atoms with van der Waals surface area (Å²) in [4.78, 5) is 25.1. The van der Waals surface area contributed by atoms with Crippen LogP contribution in [0.3, 0.4) is 0 Å². The Morgan fingerprint density at radius 1 is 0.558 bits per heavy atom. The Hall–Kier alpha value is -3.42. The van der Waals surface area contributed by atoms with Gasteiger partial charge in [0.05, 0.1) is 45.7 Å². The third-order valence-electron chi connectivity index (χ3n) is 6.74. The average molecular weight is 660 g/mol. The van der Waals surface area contributed by atoms with E-state index in [1.807, 2.05) is 36.4 Å². The van der Waals surface area contributed by atoms with Gasteiger partial charge in [-0.15, -0.1) is 0 Å². The number of methoxy groups -OCH3 is 2. The number of hydrogen-bond donors (Lipinski definition) is 2. The molecule has 4 aromatic carbocycles. The molecule has 0 bridgehead atoms. The molecule has 224 valence electrons. The SMILES string of the molecule is COc1ccc(CCC(=O)Nc2ccc(Cc3ccc(NC(=O)CCc4ccc(OC)c(Cl)c4)c(Cl)c3)cc2Cl)cc1Cl. The second-order valence-electron chi connectivity index (χ2n) is 9.84. The fourth-order valence-corrected chi connectivity index (χ4v) is 5.51. The molecule has 4 aromatic rings. The van der Waals surface area contributed by atoms with E-state index in [1.54, 1.807) is 50.6 Å². The zero-order valence-electron chi connectivity index (χ0n) is 23.6. The summed E-state index contributed by atoms with van der Waals surface area (Å²) in [6, 6.07) is 21.9. The zero-order chi connectivity index (χ0) is 30.9. The van der Waals surface area contributed by atoms with Gasteiger partial charge in [-0.05, 0) is 90.0 Å². The van der Waals surface area contributed by atoms with Gasteiger partial charge < -0.3 is 20.1 Å². The van der Waals surface area contributed by atoms with Crippen molar-refractivity contribution in [2.24, 2.45) is 0 Å². The van der Waals surface area contributed by atoms with Crippen LogP contribution in [0.25, 0.3) is 0 Å². The zero-order valence-corrected chi connectivity index (χ0v) is 26.6. The fourth-order valence-electron chi connectivity index (χ4n) is 4.45. The summed E-state index contributed by atoms with van der Waals surface area (Å²) in [7, 11) is 3.11. The van der Waals surface area contributed by atoms with E-state index in [0.29, 0.717) is 62.2 Å². The summed E-state index contributed by atoms with van der Waals surface area (Å²) in [5.41, 5.74) is 4.84. The van der Waals surface area contributed by atoms with Crippen molar-refractivity contribution in [1.29, 1.82) is 0 Å². The molecule has 0 spiro atoms. The number of amides is 2. The van der Waals surface area contributed by atoms with E-state index < -0.39 is 0 Å². The van der Waals surface area contributed by atoms with Crippen LogP contribution >= 0.6 is 46.4 Å². The van der Waals surface area contributed by atoms with Crippen LogP contribution in [0.15, 0.2) is 72.8 Å². The largest absolute Gasteiger partial charge is 0.495 e. The number of aryl methyl sites for hydroxylation is 2. The highest BCUT2D eigenvalue weighted by Crippen LogP contribution is 2.29. The van der Waals surface area contributed by atoms with E-state index in [0.717, 1.165) is 22.3 Å². The lowest BCUT2D eigenvalue weighted by Crippen LogP contribution is -2.13. The van der Waals surface area contributed by atoms with Crippen molar-refractivity contribution in [2.45, 2.75) is 32.1 Å². The van der Waals surface area contributed by atoms with E-state index in [-0.39, 0.29) is 24.7 Å². The number of anilines is 2. The molecular weight excluding hydrogens is 630 g/mol. The lowest BCUT2D eigenvalue weighted by Gasteiger charge is -2.12. The Labute approximate surface area is 271 Å². The number of nitrogens with one attached hydrogen (secondary N) is 2. The minimum absolute atomic E-state index is 0.154. The van der Waals surface area contributed by atoms with E-state index in [9.17, 15) is 9.59 Å². The number of carbonyl (C=O) groups excluding carboxylic acids is 2. The standard InChI is InChI=1S/C33H30Cl4N2O4/c1-42-30-11-5-20(16-26(30)36)7-13-32(40)38-28-9-3-22(18-24(28)34)15-23-4-10-29(25(35)19-23)39-33(41)14-8-21-6-12-31(43-2)27(37)17-21/h3-6,9-12,16-19H,7-8,13-15H2,1-2H3,(H,38,40)(H,39,41). The van der Waals surface area contributed by atoms with Gasteiger partial charge >= 0.3 is 0 Å². The van der Waals surface area contributed by atoms with Crippen molar-refractivity contribution < 1.29 is 19.1 Å². The summed E-state index contributed by atoms with van der Waals surface area (Å²) in [5, 5.41) is 7.63. The maximum Gasteiger partial charge on any atom is 0.224 e. The molecule has 0 aliphatic heterocycles. The van der Waals surface area contributed by atoms with Crippen molar-refractivity contribution in [3.05, 3.63) is 115 Å². The molecule has 0 saturated heterocycles. The first-order chi connectivity index (χ1) is 20.6. The van der Waals surface area contributed by atoms with E-state index in [4.69, 9.17) is 55.9 Å². The number of carbonyl (C=O) groups is 2. The molecule has 0 radical (unpaired) electrons. The molecule has 0 saturated carbocycles. The molecule has 4 rings (SSSR count). The Kier molecular flexibility index (Phi) is 11.6. The minimum atomic E-state index is -0.154. The van der Waals surface area contributed by atoms with Gasteiger partial charge in [0.1, 0.15) is 11.5 Å². The maximum absolute atomic E-state index is 12.5. The number of ether oxygens (including phenoxy) is 2. The summed E-state index contributed by atoms with van der Waals surface area (Å²) in [6.45, 7) is 0. The summed E-state index contributed by atoms with van der Waals surface area (Å²) < 4.78 is 10.3. The first kappa shape index (κ1) is 32.5. The molecule has 0 aromatic heterocycles. The van der Waals surface area contributed by atoms with E-state index in [2.05, 4.69) is 10.6 Å². The molecule has 10 heteroatoms. The van der Waals surface area contributed by atoms with Gasteiger partial charge in [-0.2, -0.15) is 0 Å². The van der Waals surface area contributed by atoms with Crippen LogP contribution in [0.2, 0.25) is 20.1 Å². The first-order valence-electron chi connectivity index (χ1n) is 13.5. The minimum Gasteiger partial charge on any atom is -0.495 e. The molecule has 6 nitrogen and oxygen atoms in total. The number of hydrogen-bond acceptors (Lipinski definition) is 4. The van der Waals surface area contributed by atoms with Gasteiger partial charge in [-0.25, -0.2) is 0 Å². The van der Waals surface area contributed by atoms with Gasteiger partial charge in [0, 0.05) is 12.8 Å². The predicted octanol–water partition coefficient (Wildman–Crippen LogP) is 9.05. The number of rotatable bonds is 12. The topological polar surface area (TPSA) is 76.7 Å². The normalized spacial score (nSPS) is 10.7. The smallest absolute Gasteiger partial charge is 0.224 e. The van der Waals surface area contributed by atoms with Crippen LogP contribution in [-0.2, 0) is 28.9 Å². The molecule has 0 unspecified atom stereocenters. The van der Waals surface area contributed by atoms with Crippen molar-refractivity contribution >= 4 is 69.6 Å². The van der Waals surface area contributed by atoms with Gasteiger partial charge in [0.2, 0.25) is 11.8 Å². The molecule has 2 amide bonds. The third-order valence-corrected chi connectivity index (χ3v) is 7.95. The highest BCUT2D eigenvalue weighted by atomic mass is 35.5. The van der Waals surface area contributed by atoms with Crippen molar-refractivity contribution in [1.82, 2.24) is 0 Å². The van der Waals surface area contributed by atoms with E-state index in [1.165, 1.54) is 0 Å². The predicted molar refractivity (Wildman–Crippen MR) is 176 cm³/mol. The van der Waals surface area contributed by atoms with Crippen LogP contribution in [0.5, 0.6) is 11.5 Å². The summed E-state index contributed by atoms with van der Waals surface area (Å²) in [5.74, 6) is 0.877. The molecule has 0 aliphatic rings. The Bertz CT molecular complexity index is 1510. The Morgan fingerprint density at radius 2 is 0.930 bits per heavy atom. The van der Waals surface area contributed by atoms with E-state index >= 15 is 0 Å². The number of halogens is 4. The van der Waals surface area contributed by atoms with Crippen LogP contribution in [0.1, 0.15) is 35.1 Å². The first-order valence-corrected chi connectivity index (χ1v) is 15.0. The Balaban J connectivity index is 1.28. The maximum atomic E-state index is 12.5. The average Bonchev–Trinajstić information content (AvgIpc) is 2.98. The highest BCUT2D eigenvalue weighted by Gasteiger charge is 2.12. The number of benzene rings is 4. The van der Waals surface area contributed by atoms with Crippen LogP contribution in [-0.4, -0.2) is 26.0 Å². The molecule has 43 heavy (non-hydrogen) atoms. The van der Waals surface area contributed by atoms with Gasteiger partial charge in [0.15, 0.2) is 0 Å². The molecular formula is C33H30Cl4N2O4. The highest BCUT2D eigenvalue weighted by molar-refractivity contribution is 6.34. The Morgan fingerprint density at radius 3 is 1.28 bits per heavy atom. The fraction of sp³-hybridized carbons (Fsp3) is 0.212. The van der Waals surface area contributed by atoms with Crippen molar-refractivity contribution in [3.63, 3.8) is 0 Å². The van der Waals surface area contributed by atoms with Gasteiger partial charge in [0.25, 0.3) is 0 Å². The molecule has 2 N–H and O–H groups in total. The summed E-state index contributed by atoms with van der Waals surface area (Å²) in [6.07, 6.45) is 2.17. The van der Waals surface area contributed by atoms with Crippen LogP contribution in [0.4, 0.5) is 11.4 Å². The molecule has 0 heterocycles. The lowest BCUT2D eigenvalue weighted by molar-refractivity contribution is -0.117. The molecule has 0 aliphatic carbocycles. The van der Waals surface area contributed by atoms with Crippen LogP contribution < -0.4 is 20.1 Å². The van der Waals surface area contributed by atoms with Crippen LogP contribution in [0, 0.1) is 0 Å². The third kappa shape index (κ3) is 9.28. The molecule has 0 atom stereocenters. The van der Waals surface area contributed by atoms with Gasteiger partial charge in [-0.1, -0.05) is 70.7 Å². The quantitative estimate of drug-likeness (QED) is 0.159. The monoisotopic (exact) mass is 658 g/mol. The lowest BCUT2D eigenvalue weighted by atomic mass is 10.0. The second kappa shape index (κ2) is 15.3. The molecule has 0 fully saturated rings. The van der Waals surface area contributed by atoms with Crippen molar-refractivity contribution in [3.8, 4) is 11.5 Å². The summed E-state index contributed by atoms with van der Waals surface area (Å²) >= 11 is 25.3.